The van der Waals surface area contributed by atoms with Gasteiger partial charge in [0.05, 0.1) is 0 Å². The van der Waals surface area contributed by atoms with Crippen LogP contribution in [0.4, 0.5) is 0 Å². The molecule has 2 rings (SSSR count). The molecule has 0 saturated carbocycles. The molecule has 0 bridgehead atoms. The smallest absolute Gasteiger partial charge is 0.223 e. The third-order valence-electron chi connectivity index (χ3n) is 3.53. The van der Waals surface area contributed by atoms with Gasteiger partial charge in [0.1, 0.15) is 0 Å². The molecule has 0 aliphatic carbocycles. The predicted molar refractivity (Wildman–Crippen MR) is 76.6 cm³/mol. The number of carbonyl (C=O) groups excluding carboxylic acids is 2. The van der Waals surface area contributed by atoms with Gasteiger partial charge in [0.25, 0.3) is 0 Å². The Balaban J connectivity index is 1.95. The van der Waals surface area contributed by atoms with Gasteiger partial charge < -0.3 is 16.0 Å². The van der Waals surface area contributed by atoms with E-state index in [1.165, 1.54) is 0 Å². The highest BCUT2D eigenvalue weighted by atomic mass is 16.2. The molecule has 1 fully saturated rings. The van der Waals surface area contributed by atoms with Gasteiger partial charge in [0.15, 0.2) is 0 Å². The fourth-order valence-electron chi connectivity index (χ4n) is 2.21. The highest BCUT2D eigenvalue weighted by Crippen LogP contribution is 2.13. The van der Waals surface area contributed by atoms with Crippen molar-refractivity contribution in [3.8, 4) is 0 Å². The van der Waals surface area contributed by atoms with E-state index in [0.717, 1.165) is 18.7 Å². The van der Waals surface area contributed by atoms with Crippen molar-refractivity contribution in [1.29, 1.82) is 0 Å². The Hall–Kier alpha value is -1.88. The summed E-state index contributed by atoms with van der Waals surface area (Å²) in [7, 11) is 0. The number of carbonyl (C=O) groups is 2. The maximum atomic E-state index is 12.3. The van der Waals surface area contributed by atoms with E-state index in [2.05, 4.69) is 5.32 Å². The summed E-state index contributed by atoms with van der Waals surface area (Å²) in [5.41, 5.74) is 6.25. The zero-order valence-electron chi connectivity index (χ0n) is 11.5. The minimum atomic E-state index is -0.374. The highest BCUT2D eigenvalue weighted by molar-refractivity contribution is 5.78. The van der Waals surface area contributed by atoms with Gasteiger partial charge in [-0.15, -0.1) is 0 Å². The van der Waals surface area contributed by atoms with E-state index in [-0.39, 0.29) is 18.2 Å². The van der Waals surface area contributed by atoms with E-state index in [0.29, 0.717) is 25.4 Å². The van der Waals surface area contributed by atoms with Crippen LogP contribution in [0.3, 0.4) is 0 Å². The molecule has 0 aromatic heterocycles. The number of hydrogen-bond acceptors (Lipinski definition) is 3. The molecule has 0 unspecified atom stereocenters. The van der Waals surface area contributed by atoms with Gasteiger partial charge >= 0.3 is 0 Å². The molecule has 1 saturated heterocycles. The summed E-state index contributed by atoms with van der Waals surface area (Å²) < 4.78 is 0. The summed E-state index contributed by atoms with van der Waals surface area (Å²) in [6.45, 7) is 2.73. The monoisotopic (exact) mass is 275 g/mol. The molecule has 1 aromatic carbocycles. The summed E-state index contributed by atoms with van der Waals surface area (Å²) in [4.78, 5) is 25.0. The van der Waals surface area contributed by atoms with Crippen molar-refractivity contribution in [2.45, 2.75) is 19.4 Å². The van der Waals surface area contributed by atoms with Crippen LogP contribution in [0.1, 0.15) is 18.4 Å². The molecule has 1 aromatic rings. The van der Waals surface area contributed by atoms with E-state index in [4.69, 9.17) is 5.73 Å². The van der Waals surface area contributed by atoms with E-state index in [1.807, 2.05) is 30.3 Å². The largest absolute Gasteiger partial charge is 0.370 e. The maximum absolute atomic E-state index is 12.3. The summed E-state index contributed by atoms with van der Waals surface area (Å²) in [6, 6.07) is 9.80. The lowest BCUT2D eigenvalue weighted by atomic mass is 9.98. The van der Waals surface area contributed by atoms with Crippen molar-refractivity contribution in [3.05, 3.63) is 35.9 Å². The lowest BCUT2D eigenvalue weighted by Gasteiger charge is -2.30. The minimum absolute atomic E-state index is 0.0987. The Morgan fingerprint density at radius 3 is 2.50 bits per heavy atom. The molecule has 1 heterocycles. The number of primary amides is 1. The van der Waals surface area contributed by atoms with Crippen LogP contribution in [0, 0.1) is 5.92 Å². The molecule has 0 radical (unpaired) electrons. The van der Waals surface area contributed by atoms with Crippen LogP contribution in [0.2, 0.25) is 0 Å². The van der Waals surface area contributed by atoms with Crippen molar-refractivity contribution in [3.63, 3.8) is 0 Å². The summed E-state index contributed by atoms with van der Waals surface area (Å²) in [6.07, 6.45) is 0.750. The van der Waals surface area contributed by atoms with Crippen LogP contribution >= 0.6 is 0 Å². The summed E-state index contributed by atoms with van der Waals surface area (Å²) >= 11 is 0. The molecule has 1 aliphatic heterocycles. The molecule has 5 nitrogen and oxygen atoms in total. The van der Waals surface area contributed by atoms with Gasteiger partial charge in [0.2, 0.25) is 11.8 Å². The molecule has 2 amide bonds. The molecular weight excluding hydrogens is 254 g/mol. The second-order valence-electron chi connectivity index (χ2n) is 5.25. The Bertz CT molecular complexity index is 457. The van der Waals surface area contributed by atoms with Gasteiger partial charge in [-0.3, -0.25) is 9.59 Å². The third-order valence-corrected chi connectivity index (χ3v) is 3.53. The molecule has 5 heteroatoms. The second kappa shape index (κ2) is 7.05. The lowest BCUT2D eigenvalue weighted by Crippen LogP contribution is -2.45. The van der Waals surface area contributed by atoms with Crippen molar-refractivity contribution in [2.75, 3.05) is 19.6 Å². The number of rotatable bonds is 7. The number of nitrogens with two attached hydrogens (primary N) is 1. The zero-order valence-corrected chi connectivity index (χ0v) is 11.5. The average Bonchev–Trinajstić information content (AvgIpc) is 2.39. The number of nitrogens with one attached hydrogen (secondary N) is 1. The molecular formula is C15H21N3O2. The molecule has 3 N–H and O–H groups in total. The normalized spacial score (nSPS) is 14.6. The standard InChI is InChI=1S/C15H21N3O2/c16-14(19)6-7-18(11-12-4-2-1-3-5-12)15(20)8-13-9-17-10-13/h1-5,13,17H,6-11H2,(H2,16,19). The first-order valence-electron chi connectivity index (χ1n) is 6.96. The number of nitrogens with zero attached hydrogens (tertiary/aromatic N) is 1. The van der Waals surface area contributed by atoms with E-state index < -0.39 is 0 Å². The van der Waals surface area contributed by atoms with E-state index >= 15 is 0 Å². The van der Waals surface area contributed by atoms with E-state index in [1.54, 1.807) is 4.90 Å². The Kier molecular flexibility index (Phi) is 5.12. The average molecular weight is 275 g/mol. The Morgan fingerprint density at radius 2 is 1.95 bits per heavy atom. The number of hydrogen-bond donors (Lipinski definition) is 2. The topological polar surface area (TPSA) is 75.4 Å². The molecule has 20 heavy (non-hydrogen) atoms. The van der Waals surface area contributed by atoms with Crippen LogP contribution in [-0.4, -0.2) is 36.3 Å². The van der Waals surface area contributed by atoms with Gasteiger partial charge in [-0.2, -0.15) is 0 Å². The van der Waals surface area contributed by atoms with Gasteiger partial charge in [-0.1, -0.05) is 30.3 Å². The van der Waals surface area contributed by atoms with Gasteiger partial charge in [0, 0.05) is 25.9 Å². The minimum Gasteiger partial charge on any atom is -0.370 e. The van der Waals surface area contributed by atoms with Crippen LogP contribution in [-0.2, 0) is 16.1 Å². The lowest BCUT2D eigenvalue weighted by molar-refractivity contribution is -0.133. The molecule has 0 spiro atoms. The maximum Gasteiger partial charge on any atom is 0.223 e. The van der Waals surface area contributed by atoms with Crippen LogP contribution in [0.25, 0.3) is 0 Å². The SMILES string of the molecule is NC(=O)CCN(Cc1ccccc1)C(=O)CC1CNC1. The first-order chi connectivity index (χ1) is 9.65. The third kappa shape index (κ3) is 4.35. The first-order valence-corrected chi connectivity index (χ1v) is 6.96. The summed E-state index contributed by atoms with van der Waals surface area (Å²) in [5.74, 6) is 0.150. The Morgan fingerprint density at radius 1 is 1.25 bits per heavy atom. The van der Waals surface area contributed by atoms with Crippen LogP contribution in [0.5, 0.6) is 0 Å². The first kappa shape index (κ1) is 14.5. The van der Waals surface area contributed by atoms with Crippen LogP contribution < -0.4 is 11.1 Å². The number of amides is 2. The molecule has 0 atom stereocenters. The van der Waals surface area contributed by atoms with Gasteiger partial charge in [-0.25, -0.2) is 0 Å². The van der Waals surface area contributed by atoms with Crippen LogP contribution in [0.15, 0.2) is 30.3 Å². The molecule has 1 aliphatic rings. The zero-order chi connectivity index (χ0) is 14.4. The summed E-state index contributed by atoms with van der Waals surface area (Å²) in [5, 5.41) is 3.16. The Labute approximate surface area is 119 Å². The predicted octanol–water partition coefficient (Wildman–Crippen LogP) is 0.500. The van der Waals surface area contributed by atoms with Gasteiger partial charge in [-0.05, 0) is 24.6 Å². The second-order valence-corrected chi connectivity index (χ2v) is 5.25. The molecule has 108 valence electrons. The van der Waals surface area contributed by atoms with E-state index in [9.17, 15) is 9.59 Å². The quantitative estimate of drug-likeness (QED) is 0.761. The fraction of sp³-hybridized carbons (Fsp3) is 0.467. The van der Waals surface area contributed by atoms with Crippen molar-refractivity contribution < 1.29 is 9.59 Å². The number of benzene rings is 1. The van der Waals surface area contributed by atoms with Crippen molar-refractivity contribution >= 4 is 11.8 Å². The fourth-order valence-corrected chi connectivity index (χ4v) is 2.21. The van der Waals surface area contributed by atoms with Crippen molar-refractivity contribution in [1.82, 2.24) is 10.2 Å². The highest BCUT2D eigenvalue weighted by Gasteiger charge is 2.23. The van der Waals surface area contributed by atoms with Crippen molar-refractivity contribution in [2.24, 2.45) is 11.7 Å².